The van der Waals surface area contributed by atoms with Gasteiger partial charge in [-0.2, -0.15) is 0 Å². The van der Waals surface area contributed by atoms with E-state index in [2.05, 4.69) is 0 Å². The van der Waals surface area contributed by atoms with Gasteiger partial charge < -0.3 is 18.7 Å². The van der Waals surface area contributed by atoms with Crippen molar-refractivity contribution >= 4 is 13.3 Å². The lowest BCUT2D eigenvalue weighted by Crippen LogP contribution is -2.20. The monoisotopic (exact) mass is 287 g/mol. The SMILES string of the molecule is CCOP(=O)(CN(C)c1ccc(OC)cc1)OCC. The van der Waals surface area contributed by atoms with Gasteiger partial charge in [0.2, 0.25) is 0 Å². The summed E-state index contributed by atoms with van der Waals surface area (Å²) in [5.41, 5.74) is 0.931. The zero-order valence-electron chi connectivity index (χ0n) is 12.0. The van der Waals surface area contributed by atoms with Gasteiger partial charge in [0, 0.05) is 12.7 Å². The smallest absolute Gasteiger partial charge is 0.349 e. The van der Waals surface area contributed by atoms with Crippen LogP contribution in [0.5, 0.6) is 5.75 Å². The maximum absolute atomic E-state index is 12.4. The molecule has 0 aliphatic rings. The number of rotatable bonds is 8. The van der Waals surface area contributed by atoms with Crippen molar-refractivity contribution in [2.45, 2.75) is 13.8 Å². The quantitative estimate of drug-likeness (QED) is 0.686. The van der Waals surface area contributed by atoms with Gasteiger partial charge in [-0.1, -0.05) is 0 Å². The first kappa shape index (κ1) is 16.0. The second-order valence-corrected chi connectivity index (χ2v) is 6.00. The lowest BCUT2D eigenvalue weighted by atomic mass is 10.3. The molecule has 1 aromatic rings. The molecule has 0 saturated heterocycles. The highest BCUT2D eigenvalue weighted by molar-refractivity contribution is 7.53. The van der Waals surface area contributed by atoms with Crippen LogP contribution >= 0.6 is 7.60 Å². The molecule has 0 aliphatic carbocycles. The minimum absolute atomic E-state index is 0.223. The third-order valence-electron chi connectivity index (χ3n) is 2.55. The molecule has 0 aromatic heterocycles. The molecule has 19 heavy (non-hydrogen) atoms. The highest BCUT2D eigenvalue weighted by atomic mass is 31.2. The Hall–Kier alpha value is -1.03. The molecule has 1 rings (SSSR count). The van der Waals surface area contributed by atoms with Crippen LogP contribution in [0, 0.1) is 0 Å². The second-order valence-electron chi connectivity index (χ2n) is 3.98. The van der Waals surface area contributed by atoms with Gasteiger partial charge in [0.25, 0.3) is 0 Å². The molecule has 6 heteroatoms. The summed E-state index contributed by atoms with van der Waals surface area (Å²) in [5, 5.41) is 0. The highest BCUT2D eigenvalue weighted by Crippen LogP contribution is 2.48. The van der Waals surface area contributed by atoms with Gasteiger partial charge in [0.1, 0.15) is 12.0 Å². The van der Waals surface area contributed by atoms with E-state index < -0.39 is 7.60 Å². The molecular weight excluding hydrogens is 265 g/mol. The van der Waals surface area contributed by atoms with Gasteiger partial charge in [-0.25, -0.2) is 0 Å². The number of anilines is 1. The summed E-state index contributed by atoms with van der Waals surface area (Å²) in [4.78, 5) is 1.85. The van der Waals surface area contributed by atoms with Crippen LogP contribution in [0.15, 0.2) is 24.3 Å². The van der Waals surface area contributed by atoms with Crippen LogP contribution in [0.3, 0.4) is 0 Å². The molecule has 0 aliphatic heterocycles. The maximum atomic E-state index is 12.4. The van der Waals surface area contributed by atoms with Crippen molar-refractivity contribution in [3.05, 3.63) is 24.3 Å². The summed E-state index contributed by atoms with van der Waals surface area (Å²) in [6, 6.07) is 7.53. The molecule has 0 unspecified atom stereocenters. The Bertz CT molecular complexity index is 411. The largest absolute Gasteiger partial charge is 0.497 e. The van der Waals surface area contributed by atoms with Crippen molar-refractivity contribution < 1.29 is 18.3 Å². The zero-order valence-corrected chi connectivity index (χ0v) is 12.9. The van der Waals surface area contributed by atoms with E-state index in [1.807, 2.05) is 36.2 Å². The second kappa shape index (κ2) is 7.53. The summed E-state index contributed by atoms with van der Waals surface area (Å²) in [6.45, 7) is 4.35. The molecule has 0 spiro atoms. The van der Waals surface area contributed by atoms with Gasteiger partial charge >= 0.3 is 7.60 Å². The van der Waals surface area contributed by atoms with Crippen LogP contribution in [0.4, 0.5) is 5.69 Å². The van der Waals surface area contributed by atoms with Crippen LogP contribution in [0.2, 0.25) is 0 Å². The molecule has 0 atom stereocenters. The van der Waals surface area contributed by atoms with Crippen molar-refractivity contribution in [1.29, 1.82) is 0 Å². The fraction of sp³-hybridized carbons (Fsp3) is 0.538. The molecule has 108 valence electrons. The minimum atomic E-state index is -3.07. The van der Waals surface area contributed by atoms with Gasteiger partial charge in [-0.3, -0.25) is 4.57 Å². The van der Waals surface area contributed by atoms with E-state index in [4.69, 9.17) is 13.8 Å². The molecular formula is C13H22NO4P. The van der Waals surface area contributed by atoms with Gasteiger partial charge in [0.15, 0.2) is 0 Å². The van der Waals surface area contributed by atoms with Gasteiger partial charge in [0.05, 0.1) is 20.3 Å². The number of hydrogen-bond donors (Lipinski definition) is 0. The Labute approximate surface area is 115 Å². The zero-order chi connectivity index (χ0) is 14.3. The van der Waals surface area contributed by atoms with E-state index in [9.17, 15) is 4.57 Å². The van der Waals surface area contributed by atoms with Crippen LogP contribution < -0.4 is 9.64 Å². The minimum Gasteiger partial charge on any atom is -0.497 e. The lowest BCUT2D eigenvalue weighted by Gasteiger charge is -2.25. The van der Waals surface area contributed by atoms with E-state index in [1.54, 1.807) is 21.0 Å². The predicted octanol–water partition coefficient (Wildman–Crippen LogP) is 3.36. The molecule has 0 saturated carbocycles. The first-order valence-electron chi connectivity index (χ1n) is 6.28. The third-order valence-corrected chi connectivity index (χ3v) is 4.62. The Morgan fingerprint density at radius 1 is 1.11 bits per heavy atom. The number of benzene rings is 1. The Morgan fingerprint density at radius 2 is 1.63 bits per heavy atom. The first-order valence-corrected chi connectivity index (χ1v) is 8.00. The summed E-state index contributed by atoms with van der Waals surface area (Å²) >= 11 is 0. The molecule has 0 N–H and O–H groups in total. The fourth-order valence-corrected chi connectivity index (χ4v) is 3.40. The average molecular weight is 287 g/mol. The number of methoxy groups -OCH3 is 1. The first-order chi connectivity index (χ1) is 9.04. The van der Waals surface area contributed by atoms with E-state index in [-0.39, 0.29) is 6.29 Å². The van der Waals surface area contributed by atoms with Crippen LogP contribution in [0.25, 0.3) is 0 Å². The molecule has 0 bridgehead atoms. The standard InChI is InChI=1S/C13H22NO4P/c1-5-17-19(15,18-6-2)11-14(3)12-7-9-13(16-4)10-8-12/h7-10H,5-6,11H2,1-4H3. The van der Waals surface area contributed by atoms with Crippen LogP contribution in [-0.4, -0.2) is 33.7 Å². The van der Waals surface area contributed by atoms with E-state index >= 15 is 0 Å². The third kappa shape index (κ3) is 4.86. The number of ether oxygens (including phenoxy) is 1. The summed E-state index contributed by atoms with van der Waals surface area (Å²) in [5.74, 6) is 0.787. The molecule has 0 radical (unpaired) electrons. The summed E-state index contributed by atoms with van der Waals surface area (Å²) < 4.78 is 28.1. The highest BCUT2D eigenvalue weighted by Gasteiger charge is 2.25. The molecule has 1 aromatic carbocycles. The Kier molecular flexibility index (Phi) is 6.35. The van der Waals surface area contributed by atoms with E-state index in [1.165, 1.54) is 0 Å². The number of nitrogens with zero attached hydrogens (tertiary/aromatic N) is 1. The normalized spacial score (nSPS) is 11.4. The van der Waals surface area contributed by atoms with Crippen molar-refractivity contribution in [3.8, 4) is 5.75 Å². The Balaban J connectivity index is 2.75. The van der Waals surface area contributed by atoms with Crippen LogP contribution in [0.1, 0.15) is 13.8 Å². The lowest BCUT2D eigenvalue weighted by molar-refractivity contribution is 0.220. The predicted molar refractivity (Wildman–Crippen MR) is 77.1 cm³/mol. The fourth-order valence-electron chi connectivity index (χ4n) is 1.69. The number of hydrogen-bond acceptors (Lipinski definition) is 5. The van der Waals surface area contributed by atoms with E-state index in [0.29, 0.717) is 13.2 Å². The molecule has 5 nitrogen and oxygen atoms in total. The maximum Gasteiger partial charge on any atom is 0.349 e. The van der Waals surface area contributed by atoms with Gasteiger partial charge in [-0.05, 0) is 38.1 Å². The van der Waals surface area contributed by atoms with Crippen molar-refractivity contribution in [1.82, 2.24) is 0 Å². The van der Waals surface area contributed by atoms with Crippen molar-refractivity contribution in [2.24, 2.45) is 0 Å². The molecule has 0 fully saturated rings. The van der Waals surface area contributed by atoms with Crippen molar-refractivity contribution in [3.63, 3.8) is 0 Å². The van der Waals surface area contributed by atoms with Crippen LogP contribution in [-0.2, 0) is 13.6 Å². The van der Waals surface area contributed by atoms with Gasteiger partial charge in [-0.15, -0.1) is 0 Å². The Morgan fingerprint density at radius 3 is 2.05 bits per heavy atom. The summed E-state index contributed by atoms with van der Waals surface area (Å²) in [6.07, 6.45) is 0.223. The molecule has 0 heterocycles. The topological polar surface area (TPSA) is 48.0 Å². The summed E-state index contributed by atoms with van der Waals surface area (Å²) in [7, 11) is 0.411. The average Bonchev–Trinajstić information content (AvgIpc) is 2.39. The van der Waals surface area contributed by atoms with Crippen molar-refractivity contribution in [2.75, 3.05) is 38.6 Å². The molecule has 0 amide bonds. The van der Waals surface area contributed by atoms with E-state index in [0.717, 1.165) is 11.4 Å².